The summed E-state index contributed by atoms with van der Waals surface area (Å²) < 4.78 is 1.93. The number of hydrogen-bond donors (Lipinski definition) is 3. The smallest absolute Gasteiger partial charge is 0.292 e. The molecule has 8 nitrogen and oxygen atoms in total. The van der Waals surface area contributed by atoms with E-state index in [1.54, 1.807) is 6.07 Å². The van der Waals surface area contributed by atoms with E-state index in [0.29, 0.717) is 11.6 Å². The minimum Gasteiger partial charge on any atom is -0.292 e. The molecule has 2 amide bonds. The number of rotatable bonds is 4. The molecule has 0 aliphatic heterocycles. The number of anilines is 2. The van der Waals surface area contributed by atoms with E-state index < -0.39 is 6.03 Å². The monoisotopic (exact) mass is 375 g/mol. The van der Waals surface area contributed by atoms with Gasteiger partial charge >= 0.3 is 6.03 Å². The number of nitrogens with zero attached hydrogens (tertiary/aromatic N) is 4. The van der Waals surface area contributed by atoms with Crippen molar-refractivity contribution in [3.63, 3.8) is 0 Å². The van der Waals surface area contributed by atoms with Crippen LogP contribution in [0.3, 0.4) is 0 Å². The number of urea groups is 1. The average molecular weight is 375 g/mol. The molecular weight excluding hydrogens is 354 g/mol. The first-order valence-corrected chi connectivity index (χ1v) is 9.06. The molecule has 0 fully saturated rings. The Balaban J connectivity index is 1.54. The van der Waals surface area contributed by atoms with E-state index in [1.165, 1.54) is 0 Å². The summed E-state index contributed by atoms with van der Waals surface area (Å²) in [6.07, 6.45) is 0. The third kappa shape index (κ3) is 3.44. The summed E-state index contributed by atoms with van der Waals surface area (Å²) >= 11 is 0. The lowest BCUT2D eigenvalue weighted by Crippen LogP contribution is -2.20. The van der Waals surface area contributed by atoms with E-state index in [-0.39, 0.29) is 6.04 Å². The first-order chi connectivity index (χ1) is 13.5. The fourth-order valence-electron chi connectivity index (χ4n) is 3.06. The molecule has 0 bridgehead atoms. The normalized spacial score (nSPS) is 11.1. The summed E-state index contributed by atoms with van der Waals surface area (Å²) in [6, 6.07) is 14.9. The molecule has 0 saturated heterocycles. The molecule has 3 N–H and O–H groups in total. The molecule has 142 valence electrons. The number of hydrogen-bond acceptors (Lipinski definition) is 4. The highest BCUT2D eigenvalue weighted by atomic mass is 16.2. The number of H-pyrrole nitrogens is 1. The zero-order valence-electron chi connectivity index (χ0n) is 15.9. The topological polar surface area (TPSA) is 101 Å². The Kier molecular flexibility index (Phi) is 4.52. The van der Waals surface area contributed by atoms with Crippen LogP contribution in [0.15, 0.2) is 48.5 Å². The molecule has 3 aromatic heterocycles. The van der Waals surface area contributed by atoms with Gasteiger partial charge in [-0.15, -0.1) is 0 Å². The molecule has 0 atom stereocenters. The fourth-order valence-corrected chi connectivity index (χ4v) is 3.06. The minimum atomic E-state index is -0.407. The predicted octanol–water partition coefficient (Wildman–Crippen LogP) is 4.35. The maximum Gasteiger partial charge on any atom is 0.326 e. The average Bonchev–Trinajstić information content (AvgIpc) is 3.26. The molecular formula is C20H21N7O. The van der Waals surface area contributed by atoms with Crippen LogP contribution in [0.4, 0.5) is 16.4 Å². The number of benzene rings is 1. The van der Waals surface area contributed by atoms with E-state index in [0.717, 1.165) is 28.0 Å². The van der Waals surface area contributed by atoms with E-state index in [9.17, 15) is 4.79 Å². The van der Waals surface area contributed by atoms with Gasteiger partial charge in [0, 0.05) is 11.4 Å². The Labute approximate surface area is 162 Å². The summed E-state index contributed by atoms with van der Waals surface area (Å²) in [6.45, 7) is 6.09. The Hall–Kier alpha value is -3.68. The maximum atomic E-state index is 12.4. The first kappa shape index (κ1) is 17.7. The number of carbonyl (C=O) groups excluding carboxylic acids is 1. The summed E-state index contributed by atoms with van der Waals surface area (Å²) in [5.41, 5.74) is 3.44. The Morgan fingerprint density at radius 2 is 1.93 bits per heavy atom. The number of aromatic amines is 1. The van der Waals surface area contributed by atoms with Gasteiger partial charge in [-0.2, -0.15) is 10.2 Å². The Morgan fingerprint density at radius 3 is 2.75 bits per heavy atom. The van der Waals surface area contributed by atoms with Crippen LogP contribution in [0.2, 0.25) is 0 Å². The summed E-state index contributed by atoms with van der Waals surface area (Å²) in [7, 11) is 0. The van der Waals surface area contributed by atoms with Crippen molar-refractivity contribution in [2.45, 2.75) is 26.8 Å². The van der Waals surface area contributed by atoms with Gasteiger partial charge < -0.3 is 0 Å². The van der Waals surface area contributed by atoms with E-state index in [4.69, 9.17) is 0 Å². The number of amides is 2. The van der Waals surface area contributed by atoms with Gasteiger partial charge in [-0.1, -0.05) is 18.2 Å². The lowest BCUT2D eigenvalue weighted by atomic mass is 10.2. The lowest BCUT2D eigenvalue weighted by Gasteiger charge is -2.11. The number of aryl methyl sites for hydroxylation is 1. The number of aromatic nitrogens is 5. The van der Waals surface area contributed by atoms with Crippen LogP contribution < -0.4 is 10.6 Å². The van der Waals surface area contributed by atoms with Crippen LogP contribution in [-0.2, 0) is 0 Å². The molecule has 0 aliphatic carbocycles. The quantitative estimate of drug-likeness (QED) is 0.493. The standard InChI is InChI=1S/C20H21N7O/c1-12(2)27-17(11-13(3)26-27)16-9-6-10-18(21-16)22-20(28)23-19-14-7-4-5-8-15(14)24-25-19/h4-12H,1-3H3,(H3,21,22,23,24,25,28). The minimum absolute atomic E-state index is 0.207. The molecule has 1 aromatic carbocycles. The van der Waals surface area contributed by atoms with Crippen molar-refractivity contribution in [2.24, 2.45) is 0 Å². The van der Waals surface area contributed by atoms with Crippen LogP contribution in [0.5, 0.6) is 0 Å². The molecule has 3 heterocycles. The fraction of sp³-hybridized carbons (Fsp3) is 0.200. The summed E-state index contributed by atoms with van der Waals surface area (Å²) in [5, 5.41) is 17.9. The van der Waals surface area contributed by atoms with Gasteiger partial charge in [0.15, 0.2) is 5.82 Å². The number of para-hydroxylation sites is 1. The van der Waals surface area contributed by atoms with E-state index in [1.807, 2.05) is 54.1 Å². The van der Waals surface area contributed by atoms with Crippen molar-refractivity contribution in [3.8, 4) is 11.4 Å². The van der Waals surface area contributed by atoms with Gasteiger partial charge in [-0.25, -0.2) is 9.78 Å². The zero-order valence-corrected chi connectivity index (χ0v) is 15.9. The highest BCUT2D eigenvalue weighted by Crippen LogP contribution is 2.24. The van der Waals surface area contributed by atoms with Gasteiger partial charge in [0.25, 0.3) is 0 Å². The third-order valence-corrected chi connectivity index (χ3v) is 4.30. The molecule has 0 unspecified atom stereocenters. The molecule has 0 radical (unpaired) electrons. The van der Waals surface area contributed by atoms with Gasteiger partial charge in [-0.3, -0.25) is 20.4 Å². The number of carbonyl (C=O) groups is 1. The zero-order chi connectivity index (χ0) is 19.7. The number of fused-ring (bicyclic) bond motifs is 1. The molecule has 4 rings (SSSR count). The third-order valence-electron chi connectivity index (χ3n) is 4.30. The summed E-state index contributed by atoms with van der Waals surface area (Å²) in [4.78, 5) is 17.0. The van der Waals surface area contributed by atoms with Crippen molar-refractivity contribution in [2.75, 3.05) is 10.6 Å². The molecule has 0 spiro atoms. The number of nitrogens with one attached hydrogen (secondary N) is 3. The highest BCUT2D eigenvalue weighted by molar-refractivity contribution is 6.04. The largest absolute Gasteiger partial charge is 0.326 e. The van der Waals surface area contributed by atoms with Gasteiger partial charge in [-0.05, 0) is 51.1 Å². The number of pyridine rings is 1. The van der Waals surface area contributed by atoms with E-state index in [2.05, 4.69) is 44.8 Å². The van der Waals surface area contributed by atoms with E-state index >= 15 is 0 Å². The second-order valence-electron chi connectivity index (χ2n) is 6.81. The van der Waals surface area contributed by atoms with Gasteiger partial charge in [0.2, 0.25) is 0 Å². The van der Waals surface area contributed by atoms with Gasteiger partial charge in [0.1, 0.15) is 5.82 Å². The van der Waals surface area contributed by atoms with Crippen LogP contribution in [0, 0.1) is 6.92 Å². The van der Waals surface area contributed by atoms with Crippen molar-refractivity contribution >= 4 is 28.6 Å². The van der Waals surface area contributed by atoms with Crippen molar-refractivity contribution in [1.82, 2.24) is 25.0 Å². The Morgan fingerprint density at radius 1 is 1.11 bits per heavy atom. The Bertz CT molecular complexity index is 1140. The van der Waals surface area contributed by atoms with Crippen LogP contribution in [0.25, 0.3) is 22.3 Å². The first-order valence-electron chi connectivity index (χ1n) is 9.06. The van der Waals surface area contributed by atoms with Crippen LogP contribution >= 0.6 is 0 Å². The lowest BCUT2D eigenvalue weighted by molar-refractivity contribution is 0.262. The van der Waals surface area contributed by atoms with Crippen molar-refractivity contribution in [1.29, 1.82) is 0 Å². The van der Waals surface area contributed by atoms with Crippen LogP contribution in [0.1, 0.15) is 25.6 Å². The maximum absolute atomic E-state index is 12.4. The molecule has 0 aliphatic rings. The molecule has 0 saturated carbocycles. The van der Waals surface area contributed by atoms with Crippen molar-refractivity contribution in [3.05, 3.63) is 54.2 Å². The second-order valence-corrected chi connectivity index (χ2v) is 6.81. The predicted molar refractivity (Wildman–Crippen MR) is 109 cm³/mol. The molecule has 28 heavy (non-hydrogen) atoms. The molecule has 4 aromatic rings. The van der Waals surface area contributed by atoms with Crippen molar-refractivity contribution < 1.29 is 4.79 Å². The van der Waals surface area contributed by atoms with Crippen LogP contribution in [-0.4, -0.2) is 31.0 Å². The molecule has 8 heteroatoms. The summed E-state index contributed by atoms with van der Waals surface area (Å²) in [5.74, 6) is 0.918. The van der Waals surface area contributed by atoms with Gasteiger partial charge in [0.05, 0.1) is 22.6 Å². The highest BCUT2D eigenvalue weighted by Gasteiger charge is 2.14. The SMILES string of the molecule is Cc1cc(-c2cccc(NC(=O)Nc3n[nH]c4ccccc34)n2)n(C(C)C)n1. The second kappa shape index (κ2) is 7.15.